The SMILES string of the molecule is CN(C)C(=O)c1sc2ccccc2c1C[C@H]1CCCCCN1C(=O)Cn1cccn1. The fourth-order valence-corrected chi connectivity index (χ4v) is 5.51. The highest BCUT2D eigenvalue weighted by Gasteiger charge is 2.29. The summed E-state index contributed by atoms with van der Waals surface area (Å²) < 4.78 is 2.81. The van der Waals surface area contributed by atoms with Crippen molar-refractivity contribution in [3.8, 4) is 0 Å². The van der Waals surface area contributed by atoms with Gasteiger partial charge in [0, 0.05) is 43.8 Å². The highest BCUT2D eigenvalue weighted by molar-refractivity contribution is 7.21. The predicted octanol–water partition coefficient (Wildman–Crippen LogP) is 3.81. The number of benzene rings is 1. The zero-order valence-electron chi connectivity index (χ0n) is 17.6. The van der Waals surface area contributed by atoms with Crippen molar-refractivity contribution in [1.29, 1.82) is 0 Å². The molecule has 158 valence electrons. The van der Waals surface area contributed by atoms with Gasteiger partial charge in [0.1, 0.15) is 6.54 Å². The van der Waals surface area contributed by atoms with Gasteiger partial charge >= 0.3 is 0 Å². The van der Waals surface area contributed by atoms with Crippen molar-refractivity contribution in [2.24, 2.45) is 0 Å². The van der Waals surface area contributed by atoms with Gasteiger partial charge in [-0.05, 0) is 42.3 Å². The van der Waals surface area contributed by atoms with Crippen molar-refractivity contribution in [3.05, 3.63) is 53.2 Å². The number of aromatic nitrogens is 2. The highest BCUT2D eigenvalue weighted by Crippen LogP contribution is 2.34. The van der Waals surface area contributed by atoms with Crippen LogP contribution in [0, 0.1) is 0 Å². The molecule has 7 heteroatoms. The molecule has 1 aromatic carbocycles. The summed E-state index contributed by atoms with van der Waals surface area (Å²) in [5, 5.41) is 5.33. The molecule has 6 nitrogen and oxygen atoms in total. The summed E-state index contributed by atoms with van der Waals surface area (Å²) >= 11 is 1.56. The van der Waals surface area contributed by atoms with Crippen LogP contribution < -0.4 is 0 Å². The number of carbonyl (C=O) groups excluding carboxylic acids is 2. The van der Waals surface area contributed by atoms with Gasteiger partial charge in [-0.1, -0.05) is 31.0 Å². The second kappa shape index (κ2) is 9.00. The van der Waals surface area contributed by atoms with Crippen LogP contribution in [0.15, 0.2) is 42.7 Å². The molecule has 0 N–H and O–H groups in total. The van der Waals surface area contributed by atoms with E-state index >= 15 is 0 Å². The molecule has 0 unspecified atom stereocenters. The van der Waals surface area contributed by atoms with Crippen molar-refractivity contribution in [2.75, 3.05) is 20.6 Å². The van der Waals surface area contributed by atoms with Gasteiger partial charge in [-0.3, -0.25) is 14.3 Å². The van der Waals surface area contributed by atoms with Crippen LogP contribution >= 0.6 is 11.3 Å². The van der Waals surface area contributed by atoms with Crippen LogP contribution in [-0.2, 0) is 17.8 Å². The molecule has 2 amide bonds. The Kier molecular flexibility index (Phi) is 6.18. The lowest BCUT2D eigenvalue weighted by atomic mass is 9.97. The molecule has 3 heterocycles. The van der Waals surface area contributed by atoms with Crippen molar-refractivity contribution < 1.29 is 9.59 Å². The predicted molar refractivity (Wildman–Crippen MR) is 120 cm³/mol. The first-order valence-corrected chi connectivity index (χ1v) is 11.3. The first-order chi connectivity index (χ1) is 14.5. The quantitative estimate of drug-likeness (QED) is 0.626. The number of carbonyl (C=O) groups is 2. The maximum atomic E-state index is 13.1. The van der Waals surface area contributed by atoms with Crippen molar-refractivity contribution >= 4 is 33.2 Å². The molecule has 0 saturated carbocycles. The van der Waals surface area contributed by atoms with Gasteiger partial charge < -0.3 is 9.80 Å². The Balaban J connectivity index is 1.66. The third-order valence-corrected chi connectivity index (χ3v) is 6.99. The smallest absolute Gasteiger partial charge is 0.263 e. The van der Waals surface area contributed by atoms with E-state index < -0.39 is 0 Å². The van der Waals surface area contributed by atoms with Crippen molar-refractivity contribution in [2.45, 2.75) is 44.7 Å². The van der Waals surface area contributed by atoms with E-state index in [1.807, 2.05) is 29.3 Å². The number of hydrogen-bond donors (Lipinski definition) is 0. The molecule has 2 aromatic heterocycles. The molecule has 30 heavy (non-hydrogen) atoms. The van der Waals surface area contributed by atoms with E-state index in [0.29, 0.717) is 6.42 Å². The minimum atomic E-state index is 0.0363. The number of rotatable bonds is 5. The first kappa shape index (κ1) is 20.6. The van der Waals surface area contributed by atoms with Gasteiger partial charge in [-0.15, -0.1) is 11.3 Å². The van der Waals surface area contributed by atoms with Gasteiger partial charge in [0.15, 0.2) is 0 Å². The number of likely N-dealkylation sites (tertiary alicyclic amines) is 1. The van der Waals surface area contributed by atoms with Crippen molar-refractivity contribution in [1.82, 2.24) is 19.6 Å². The summed E-state index contributed by atoms with van der Waals surface area (Å²) in [5.74, 6) is 0.139. The van der Waals surface area contributed by atoms with Crippen LogP contribution in [0.5, 0.6) is 0 Å². The minimum absolute atomic E-state index is 0.0363. The summed E-state index contributed by atoms with van der Waals surface area (Å²) in [6, 6.07) is 10.1. The lowest BCUT2D eigenvalue weighted by molar-refractivity contribution is -0.134. The standard InChI is InChI=1S/C23H28N4O2S/c1-25(2)23(29)22-19(18-10-5-6-11-20(18)30-22)15-17-9-4-3-7-14-27(17)21(28)16-26-13-8-12-24-26/h5-6,8,10-13,17H,3-4,7,9,14-16H2,1-2H3/t17-/m1/s1. The zero-order chi connectivity index (χ0) is 21.1. The monoisotopic (exact) mass is 424 g/mol. The molecule has 1 fully saturated rings. The molecule has 0 spiro atoms. The van der Waals surface area contributed by atoms with Crippen LogP contribution in [-0.4, -0.2) is 58.1 Å². The Hall–Kier alpha value is -2.67. The number of nitrogens with zero attached hydrogens (tertiary/aromatic N) is 4. The third kappa shape index (κ3) is 4.26. The fourth-order valence-electron chi connectivity index (χ4n) is 4.25. The van der Waals surface area contributed by atoms with E-state index in [1.54, 1.807) is 41.2 Å². The van der Waals surface area contributed by atoms with Crippen LogP contribution in [0.1, 0.15) is 40.9 Å². The second-order valence-corrected chi connectivity index (χ2v) is 9.16. The number of amides is 2. The highest BCUT2D eigenvalue weighted by atomic mass is 32.1. The summed E-state index contributed by atoms with van der Waals surface area (Å²) in [7, 11) is 3.59. The topological polar surface area (TPSA) is 58.4 Å². The Morgan fingerprint density at radius 1 is 1.17 bits per heavy atom. The maximum absolute atomic E-state index is 13.1. The zero-order valence-corrected chi connectivity index (χ0v) is 18.4. The average Bonchev–Trinajstić information content (AvgIpc) is 3.30. The van der Waals surface area contributed by atoms with Gasteiger partial charge in [0.2, 0.25) is 5.91 Å². The minimum Gasteiger partial charge on any atom is -0.344 e. The van der Waals surface area contributed by atoms with E-state index in [9.17, 15) is 9.59 Å². The second-order valence-electron chi connectivity index (χ2n) is 8.10. The molecule has 1 atom stereocenters. The number of fused-ring (bicyclic) bond motifs is 1. The maximum Gasteiger partial charge on any atom is 0.263 e. The number of thiophene rings is 1. The molecule has 0 radical (unpaired) electrons. The molecule has 4 rings (SSSR count). The molecule has 1 aliphatic heterocycles. The van der Waals surface area contributed by atoms with E-state index in [1.165, 1.54) is 0 Å². The summed E-state index contributed by atoms with van der Waals surface area (Å²) in [6.07, 6.45) is 8.46. The lowest BCUT2D eigenvalue weighted by Crippen LogP contribution is -2.43. The Morgan fingerprint density at radius 3 is 2.77 bits per heavy atom. The molecule has 1 saturated heterocycles. The van der Waals surface area contributed by atoms with Gasteiger partial charge in [0.25, 0.3) is 5.91 Å². The molecular formula is C23H28N4O2S. The third-order valence-electron chi connectivity index (χ3n) is 5.79. The van der Waals surface area contributed by atoms with E-state index in [4.69, 9.17) is 0 Å². The lowest BCUT2D eigenvalue weighted by Gasteiger charge is -2.30. The molecule has 0 aliphatic carbocycles. The molecule has 1 aliphatic rings. The fraction of sp³-hybridized carbons (Fsp3) is 0.435. The molecule has 3 aromatic rings. The Morgan fingerprint density at radius 2 is 2.00 bits per heavy atom. The van der Waals surface area contributed by atoms with Crippen LogP contribution in [0.3, 0.4) is 0 Å². The normalized spacial score (nSPS) is 17.1. The summed E-state index contributed by atoms with van der Waals surface area (Å²) in [6.45, 7) is 1.03. The van der Waals surface area contributed by atoms with E-state index in [2.05, 4.69) is 17.2 Å². The van der Waals surface area contributed by atoms with Gasteiger partial charge in [-0.25, -0.2) is 0 Å². The van der Waals surface area contributed by atoms with E-state index in [0.717, 1.165) is 52.8 Å². The van der Waals surface area contributed by atoms with Crippen LogP contribution in [0.25, 0.3) is 10.1 Å². The van der Waals surface area contributed by atoms with Crippen LogP contribution in [0.2, 0.25) is 0 Å². The van der Waals surface area contributed by atoms with E-state index in [-0.39, 0.29) is 24.4 Å². The summed E-state index contributed by atoms with van der Waals surface area (Å²) in [4.78, 5) is 30.5. The average molecular weight is 425 g/mol. The van der Waals surface area contributed by atoms with Crippen LogP contribution in [0.4, 0.5) is 0 Å². The summed E-state index contributed by atoms with van der Waals surface area (Å²) in [5.41, 5.74) is 1.08. The Bertz CT molecular complexity index is 1030. The Labute approximate surface area is 181 Å². The number of hydrogen-bond acceptors (Lipinski definition) is 4. The first-order valence-electron chi connectivity index (χ1n) is 10.5. The molecular weight excluding hydrogens is 396 g/mol. The van der Waals surface area contributed by atoms with Crippen molar-refractivity contribution in [3.63, 3.8) is 0 Å². The largest absolute Gasteiger partial charge is 0.344 e. The van der Waals surface area contributed by atoms with Gasteiger partial charge in [-0.2, -0.15) is 5.10 Å². The molecule has 0 bridgehead atoms. The van der Waals surface area contributed by atoms with Gasteiger partial charge in [0.05, 0.1) is 4.88 Å².